The fraction of sp³-hybridized carbons (Fsp3) is 1.00. The Morgan fingerprint density at radius 2 is 1.89 bits per heavy atom. The molecule has 0 aromatic rings. The van der Waals surface area contributed by atoms with E-state index in [0.717, 1.165) is 24.6 Å². The average molecular weight is 352 g/mol. The average Bonchev–Trinajstić information content (AvgIpc) is 2.94. The van der Waals surface area contributed by atoms with Gasteiger partial charge in [0.25, 0.3) is 0 Å². The standard InChI is InChI=1S/C10H17BrF3NO2S/c11-6-5-9(3-4-9)8-15-18(16,17)7-1-2-10(12,13)14/h15H,1-8H2. The van der Waals surface area contributed by atoms with E-state index in [4.69, 9.17) is 0 Å². The molecule has 8 heteroatoms. The maximum Gasteiger partial charge on any atom is 0.389 e. The number of hydrogen-bond donors (Lipinski definition) is 1. The first kappa shape index (κ1) is 16.2. The molecule has 0 aliphatic heterocycles. The van der Waals surface area contributed by atoms with E-state index in [1.165, 1.54) is 0 Å². The summed E-state index contributed by atoms with van der Waals surface area (Å²) in [5.41, 5.74) is 0.0284. The Morgan fingerprint density at radius 1 is 1.28 bits per heavy atom. The van der Waals surface area contributed by atoms with Crippen LogP contribution in [0.15, 0.2) is 0 Å². The molecule has 1 N–H and O–H groups in total. The molecule has 0 heterocycles. The van der Waals surface area contributed by atoms with Gasteiger partial charge in [-0.05, 0) is 31.1 Å². The van der Waals surface area contributed by atoms with Crippen molar-refractivity contribution >= 4 is 26.0 Å². The van der Waals surface area contributed by atoms with E-state index in [1.807, 2.05) is 0 Å². The number of rotatable bonds is 8. The number of halogens is 4. The van der Waals surface area contributed by atoms with Crippen LogP contribution in [0.25, 0.3) is 0 Å². The van der Waals surface area contributed by atoms with Crippen LogP contribution in [-0.4, -0.2) is 32.2 Å². The molecule has 0 unspecified atom stereocenters. The van der Waals surface area contributed by atoms with Gasteiger partial charge in [0.15, 0.2) is 0 Å². The summed E-state index contributed by atoms with van der Waals surface area (Å²) in [4.78, 5) is 0. The minimum absolute atomic E-state index is 0.0284. The second-order valence-corrected chi connectivity index (χ2v) is 7.52. The summed E-state index contributed by atoms with van der Waals surface area (Å²) in [5.74, 6) is -0.461. The monoisotopic (exact) mass is 351 g/mol. The third-order valence-corrected chi connectivity index (χ3v) is 4.93. The van der Waals surface area contributed by atoms with Crippen molar-refractivity contribution in [3.05, 3.63) is 0 Å². The topological polar surface area (TPSA) is 46.2 Å². The second-order valence-electron chi connectivity index (χ2n) is 4.80. The highest BCUT2D eigenvalue weighted by Crippen LogP contribution is 2.48. The predicted molar refractivity (Wildman–Crippen MR) is 67.2 cm³/mol. The molecule has 0 spiro atoms. The molecule has 0 radical (unpaired) electrons. The SMILES string of the molecule is O=S(=O)(CCCC(F)(F)F)NCC1(CCBr)CC1. The maximum atomic E-state index is 11.9. The third kappa shape index (κ3) is 6.38. The van der Waals surface area contributed by atoms with Crippen molar-refractivity contribution in [3.63, 3.8) is 0 Å². The van der Waals surface area contributed by atoms with Crippen LogP contribution in [0.4, 0.5) is 13.2 Å². The molecule has 0 aromatic heterocycles. The molecule has 1 aliphatic rings. The van der Waals surface area contributed by atoms with E-state index in [0.29, 0.717) is 6.54 Å². The molecule has 1 fully saturated rings. The van der Waals surface area contributed by atoms with Gasteiger partial charge in [0.1, 0.15) is 0 Å². The Kier molecular flexibility index (Phi) is 5.49. The Bertz CT molecular complexity index is 366. The first-order chi connectivity index (χ1) is 8.18. The van der Waals surface area contributed by atoms with Gasteiger partial charge in [0, 0.05) is 18.3 Å². The normalized spacial score (nSPS) is 18.9. The number of sulfonamides is 1. The molecule has 1 rings (SSSR count). The summed E-state index contributed by atoms with van der Waals surface area (Å²) >= 11 is 3.31. The van der Waals surface area contributed by atoms with Crippen molar-refractivity contribution in [2.75, 3.05) is 17.6 Å². The molecule has 108 valence electrons. The molecular weight excluding hydrogens is 335 g/mol. The van der Waals surface area contributed by atoms with E-state index < -0.39 is 28.4 Å². The molecule has 0 amide bonds. The molecule has 1 aliphatic carbocycles. The van der Waals surface area contributed by atoms with Crippen LogP contribution in [0.2, 0.25) is 0 Å². The van der Waals surface area contributed by atoms with Crippen molar-refractivity contribution in [2.24, 2.45) is 5.41 Å². The zero-order valence-corrected chi connectivity index (χ0v) is 12.3. The van der Waals surface area contributed by atoms with Crippen molar-refractivity contribution in [3.8, 4) is 0 Å². The lowest BCUT2D eigenvalue weighted by molar-refractivity contribution is -0.134. The van der Waals surface area contributed by atoms with E-state index in [-0.39, 0.29) is 11.8 Å². The maximum absolute atomic E-state index is 11.9. The van der Waals surface area contributed by atoms with Gasteiger partial charge in [0.05, 0.1) is 5.75 Å². The second kappa shape index (κ2) is 6.09. The third-order valence-electron chi connectivity index (χ3n) is 3.12. The highest BCUT2D eigenvalue weighted by Gasteiger charge is 2.42. The highest BCUT2D eigenvalue weighted by atomic mass is 79.9. The minimum atomic E-state index is -4.29. The lowest BCUT2D eigenvalue weighted by Gasteiger charge is -2.14. The summed E-state index contributed by atoms with van der Waals surface area (Å²) in [5, 5.41) is 0.808. The van der Waals surface area contributed by atoms with E-state index >= 15 is 0 Å². The highest BCUT2D eigenvalue weighted by molar-refractivity contribution is 9.09. The first-order valence-corrected chi connectivity index (χ1v) is 8.56. The molecule has 0 aromatic carbocycles. The van der Waals surface area contributed by atoms with Crippen molar-refractivity contribution in [1.29, 1.82) is 0 Å². The molecule has 18 heavy (non-hydrogen) atoms. The molecule has 3 nitrogen and oxygen atoms in total. The number of hydrogen-bond acceptors (Lipinski definition) is 2. The summed E-state index contributed by atoms with van der Waals surface area (Å²) in [6.45, 7) is 0.340. The van der Waals surface area contributed by atoms with Crippen LogP contribution in [0.3, 0.4) is 0 Å². The predicted octanol–water partition coefficient (Wildman–Crippen LogP) is 2.81. The molecular formula is C10H17BrF3NO2S. The van der Waals surface area contributed by atoms with Crippen LogP contribution >= 0.6 is 15.9 Å². The van der Waals surface area contributed by atoms with Gasteiger partial charge >= 0.3 is 6.18 Å². The van der Waals surface area contributed by atoms with Gasteiger partial charge in [-0.2, -0.15) is 13.2 Å². The Morgan fingerprint density at radius 3 is 2.33 bits per heavy atom. The fourth-order valence-electron chi connectivity index (χ4n) is 1.69. The smallest absolute Gasteiger partial charge is 0.215 e. The van der Waals surface area contributed by atoms with E-state index in [2.05, 4.69) is 20.7 Å². The lowest BCUT2D eigenvalue weighted by atomic mass is 10.1. The van der Waals surface area contributed by atoms with Gasteiger partial charge in [-0.25, -0.2) is 13.1 Å². The van der Waals surface area contributed by atoms with Crippen LogP contribution in [-0.2, 0) is 10.0 Å². The van der Waals surface area contributed by atoms with Crippen LogP contribution in [0.5, 0.6) is 0 Å². The Hall–Kier alpha value is 0.180. The summed E-state index contributed by atoms with van der Waals surface area (Å²) in [7, 11) is -3.58. The molecule has 0 bridgehead atoms. The zero-order chi connectivity index (χ0) is 13.9. The van der Waals surface area contributed by atoms with Crippen LogP contribution < -0.4 is 4.72 Å². The van der Waals surface area contributed by atoms with Crippen LogP contribution in [0, 0.1) is 5.41 Å². The first-order valence-electron chi connectivity index (χ1n) is 5.78. The minimum Gasteiger partial charge on any atom is -0.215 e. The zero-order valence-electron chi connectivity index (χ0n) is 9.89. The quantitative estimate of drug-likeness (QED) is 0.683. The van der Waals surface area contributed by atoms with Crippen molar-refractivity contribution < 1.29 is 21.6 Å². The van der Waals surface area contributed by atoms with Gasteiger partial charge in [-0.1, -0.05) is 15.9 Å². The van der Waals surface area contributed by atoms with Crippen molar-refractivity contribution in [2.45, 2.75) is 38.3 Å². The number of nitrogens with one attached hydrogen (secondary N) is 1. The largest absolute Gasteiger partial charge is 0.389 e. The van der Waals surface area contributed by atoms with Gasteiger partial charge in [-0.3, -0.25) is 0 Å². The summed E-state index contributed by atoms with van der Waals surface area (Å²) in [6.07, 6.45) is -2.89. The van der Waals surface area contributed by atoms with Crippen LogP contribution in [0.1, 0.15) is 32.1 Å². The van der Waals surface area contributed by atoms with E-state index in [1.54, 1.807) is 0 Å². The van der Waals surface area contributed by atoms with Gasteiger partial charge in [-0.15, -0.1) is 0 Å². The van der Waals surface area contributed by atoms with E-state index in [9.17, 15) is 21.6 Å². The molecule has 1 saturated carbocycles. The molecule has 0 atom stereocenters. The molecule has 0 saturated heterocycles. The lowest BCUT2D eigenvalue weighted by Crippen LogP contribution is -2.32. The fourth-order valence-corrected chi connectivity index (χ4v) is 3.73. The summed E-state index contributed by atoms with van der Waals surface area (Å²) in [6, 6.07) is 0. The Labute approximate surface area is 114 Å². The summed E-state index contributed by atoms with van der Waals surface area (Å²) < 4.78 is 61.1. The van der Waals surface area contributed by atoms with Gasteiger partial charge in [0.2, 0.25) is 10.0 Å². The number of alkyl halides is 4. The van der Waals surface area contributed by atoms with Gasteiger partial charge < -0.3 is 0 Å². The Balaban J connectivity index is 2.28. The van der Waals surface area contributed by atoms with Crippen molar-refractivity contribution in [1.82, 2.24) is 4.72 Å².